The van der Waals surface area contributed by atoms with Crippen molar-refractivity contribution in [3.05, 3.63) is 85.9 Å². The van der Waals surface area contributed by atoms with Crippen LogP contribution >= 0.6 is 12.2 Å². The Balaban J connectivity index is 1.97. The first-order chi connectivity index (χ1) is 12.5. The first-order valence-corrected chi connectivity index (χ1v) is 8.50. The van der Waals surface area contributed by atoms with Gasteiger partial charge in [-0.15, -0.1) is 0 Å². The minimum atomic E-state index is -0.381. The molecule has 0 spiro atoms. The Bertz CT molecular complexity index is 1070. The number of aryl methyl sites for hydroxylation is 2. The molecule has 0 radical (unpaired) electrons. The molecule has 0 unspecified atom stereocenters. The molecule has 0 aliphatic carbocycles. The fourth-order valence-corrected chi connectivity index (χ4v) is 2.45. The van der Waals surface area contributed by atoms with Gasteiger partial charge in [0.2, 0.25) is 0 Å². The minimum absolute atomic E-state index is 0.183. The number of nitrogens with zero attached hydrogens (tertiary/aromatic N) is 2. The van der Waals surface area contributed by atoms with Crippen molar-refractivity contribution in [1.82, 2.24) is 9.97 Å². The van der Waals surface area contributed by atoms with Gasteiger partial charge >= 0.3 is 0 Å². The fourth-order valence-electron chi connectivity index (χ4n) is 2.26. The Morgan fingerprint density at radius 1 is 0.808 bits per heavy atom. The van der Waals surface area contributed by atoms with E-state index in [2.05, 4.69) is 20.0 Å². The lowest BCUT2D eigenvalue weighted by atomic mass is 10.2. The second-order valence-corrected chi connectivity index (χ2v) is 6.35. The van der Waals surface area contributed by atoms with Gasteiger partial charge in [-0.2, -0.15) is 0 Å². The predicted molar refractivity (Wildman–Crippen MR) is 109 cm³/mol. The number of aromatic nitrogens is 2. The van der Waals surface area contributed by atoms with Crippen LogP contribution < -0.4 is 5.56 Å². The third-order valence-electron chi connectivity index (χ3n) is 3.74. The Kier molecular flexibility index (Phi) is 5.34. The molecule has 2 aromatic carbocycles. The Morgan fingerprint density at radius 2 is 1.31 bits per heavy atom. The van der Waals surface area contributed by atoms with Crippen LogP contribution in [0.4, 0.5) is 11.5 Å². The van der Waals surface area contributed by atoms with Crippen LogP contribution in [0.1, 0.15) is 22.3 Å². The van der Waals surface area contributed by atoms with E-state index in [0.29, 0.717) is 5.82 Å². The van der Waals surface area contributed by atoms with Gasteiger partial charge in [-0.3, -0.25) is 9.78 Å². The molecule has 0 amide bonds. The van der Waals surface area contributed by atoms with Gasteiger partial charge in [0, 0.05) is 12.4 Å². The molecule has 0 fully saturated rings. The molecule has 0 atom stereocenters. The second-order valence-electron chi connectivity index (χ2n) is 5.94. The van der Waals surface area contributed by atoms with Gasteiger partial charge in [-0.25, -0.2) is 9.98 Å². The van der Waals surface area contributed by atoms with Crippen LogP contribution in [0.2, 0.25) is 0 Å². The molecule has 3 aromatic rings. The Hall–Kier alpha value is -3.12. The van der Waals surface area contributed by atoms with Crippen molar-refractivity contribution in [1.29, 1.82) is 0 Å². The van der Waals surface area contributed by atoms with E-state index >= 15 is 0 Å². The third kappa shape index (κ3) is 4.49. The smallest absolute Gasteiger partial charge is 0.279 e. The number of aliphatic imine (C=N–C) groups is 2. The SMILES string of the molecule is Cc1ccc(C=Nc2[nH]c(=S)[nH]c(=O)c2N=Cc2ccc(C)cc2)cc1. The quantitative estimate of drug-likeness (QED) is 0.528. The van der Waals surface area contributed by atoms with Crippen LogP contribution in [0.3, 0.4) is 0 Å². The monoisotopic (exact) mass is 362 g/mol. The summed E-state index contributed by atoms with van der Waals surface area (Å²) in [5.41, 5.74) is 3.94. The molecule has 1 aromatic heterocycles. The summed E-state index contributed by atoms with van der Waals surface area (Å²) < 4.78 is 0.209. The average Bonchev–Trinajstić information content (AvgIpc) is 2.62. The van der Waals surface area contributed by atoms with E-state index in [1.807, 2.05) is 62.4 Å². The van der Waals surface area contributed by atoms with Gasteiger partial charge in [0.25, 0.3) is 5.56 Å². The van der Waals surface area contributed by atoms with Crippen molar-refractivity contribution in [2.75, 3.05) is 0 Å². The third-order valence-corrected chi connectivity index (χ3v) is 3.94. The number of hydrogen-bond acceptors (Lipinski definition) is 4. The van der Waals surface area contributed by atoms with E-state index in [0.717, 1.165) is 16.7 Å². The van der Waals surface area contributed by atoms with Crippen molar-refractivity contribution < 1.29 is 0 Å². The summed E-state index contributed by atoms with van der Waals surface area (Å²) in [5, 5.41) is 0. The molecule has 6 heteroatoms. The summed E-state index contributed by atoms with van der Waals surface area (Å²) in [5.74, 6) is 0.322. The van der Waals surface area contributed by atoms with Crippen LogP contribution in [0.25, 0.3) is 0 Å². The molecule has 130 valence electrons. The summed E-state index contributed by atoms with van der Waals surface area (Å²) in [6.45, 7) is 4.04. The number of nitrogens with one attached hydrogen (secondary N) is 2. The molecule has 3 rings (SSSR count). The van der Waals surface area contributed by atoms with Crippen molar-refractivity contribution >= 4 is 36.2 Å². The van der Waals surface area contributed by atoms with Crippen LogP contribution in [-0.2, 0) is 0 Å². The number of aromatic amines is 2. The zero-order chi connectivity index (χ0) is 18.5. The predicted octanol–water partition coefficient (Wildman–Crippen LogP) is 4.55. The molecular formula is C20H18N4OS. The first-order valence-electron chi connectivity index (χ1n) is 8.09. The molecule has 0 saturated carbocycles. The lowest BCUT2D eigenvalue weighted by Crippen LogP contribution is -2.07. The maximum absolute atomic E-state index is 12.3. The lowest BCUT2D eigenvalue weighted by Gasteiger charge is -2.01. The van der Waals surface area contributed by atoms with Gasteiger partial charge in [-0.1, -0.05) is 59.7 Å². The van der Waals surface area contributed by atoms with E-state index in [1.54, 1.807) is 12.4 Å². The maximum atomic E-state index is 12.3. The van der Waals surface area contributed by atoms with Crippen molar-refractivity contribution in [3.63, 3.8) is 0 Å². The molecule has 0 bridgehead atoms. The molecule has 5 nitrogen and oxygen atoms in total. The molecule has 0 aliphatic heterocycles. The van der Waals surface area contributed by atoms with Crippen molar-refractivity contribution in [3.8, 4) is 0 Å². The van der Waals surface area contributed by atoms with Crippen LogP contribution in [0.5, 0.6) is 0 Å². The van der Waals surface area contributed by atoms with Crippen molar-refractivity contribution in [2.45, 2.75) is 13.8 Å². The van der Waals surface area contributed by atoms with Gasteiger partial charge in [0.05, 0.1) is 0 Å². The van der Waals surface area contributed by atoms with E-state index in [4.69, 9.17) is 12.2 Å². The summed E-state index contributed by atoms with van der Waals surface area (Å²) in [6, 6.07) is 15.8. The number of H-pyrrole nitrogens is 2. The zero-order valence-electron chi connectivity index (χ0n) is 14.5. The summed E-state index contributed by atoms with van der Waals surface area (Å²) in [7, 11) is 0. The summed E-state index contributed by atoms with van der Waals surface area (Å²) in [4.78, 5) is 26.4. The topological polar surface area (TPSA) is 73.4 Å². The van der Waals surface area contributed by atoms with Gasteiger partial charge in [-0.05, 0) is 37.2 Å². The molecule has 1 heterocycles. The zero-order valence-corrected chi connectivity index (χ0v) is 15.3. The fraction of sp³-hybridized carbons (Fsp3) is 0.100. The van der Waals surface area contributed by atoms with Crippen molar-refractivity contribution in [2.24, 2.45) is 9.98 Å². The highest BCUT2D eigenvalue weighted by molar-refractivity contribution is 7.71. The molecule has 2 N–H and O–H groups in total. The Labute approximate surface area is 156 Å². The molecule has 0 saturated heterocycles. The van der Waals surface area contributed by atoms with Gasteiger partial charge in [0.15, 0.2) is 16.3 Å². The van der Waals surface area contributed by atoms with E-state index in [1.165, 1.54) is 5.56 Å². The van der Waals surface area contributed by atoms with Gasteiger partial charge in [0.1, 0.15) is 0 Å². The number of hydrogen-bond donors (Lipinski definition) is 2. The highest BCUT2D eigenvalue weighted by Gasteiger charge is 2.05. The van der Waals surface area contributed by atoms with Crippen LogP contribution in [0, 0.1) is 18.6 Å². The van der Waals surface area contributed by atoms with Gasteiger partial charge < -0.3 is 4.98 Å². The van der Waals surface area contributed by atoms with E-state index < -0.39 is 0 Å². The van der Waals surface area contributed by atoms with Crippen LogP contribution in [0.15, 0.2) is 63.3 Å². The number of benzene rings is 2. The van der Waals surface area contributed by atoms with E-state index in [9.17, 15) is 4.79 Å². The summed E-state index contributed by atoms with van der Waals surface area (Å²) in [6.07, 6.45) is 3.30. The molecule has 0 aliphatic rings. The second kappa shape index (κ2) is 7.84. The molecule has 26 heavy (non-hydrogen) atoms. The van der Waals surface area contributed by atoms with Crippen LogP contribution in [-0.4, -0.2) is 22.4 Å². The first kappa shape index (κ1) is 17.7. The maximum Gasteiger partial charge on any atom is 0.279 e. The lowest BCUT2D eigenvalue weighted by molar-refractivity contribution is 1.07. The Morgan fingerprint density at radius 3 is 1.85 bits per heavy atom. The minimum Gasteiger partial charge on any atom is -0.315 e. The standard InChI is InChI=1S/C20H18N4OS/c1-13-3-7-15(8-4-13)11-21-17-18(23-20(26)24-19(17)25)22-12-16-9-5-14(2)6-10-16/h3-12H,1-2H3,(H2,23,24,25,26). The summed E-state index contributed by atoms with van der Waals surface area (Å²) >= 11 is 5.05. The molecular weight excluding hydrogens is 344 g/mol. The average molecular weight is 362 g/mol. The van der Waals surface area contributed by atoms with E-state index in [-0.39, 0.29) is 16.0 Å². The normalized spacial score (nSPS) is 11.5. The highest BCUT2D eigenvalue weighted by atomic mass is 32.1. The highest BCUT2D eigenvalue weighted by Crippen LogP contribution is 2.20. The number of rotatable bonds is 4. The largest absolute Gasteiger partial charge is 0.315 e.